The van der Waals surface area contributed by atoms with E-state index in [1.54, 1.807) is 30.6 Å². The number of carbonyl (C=O) groups is 1. The Morgan fingerprint density at radius 1 is 1.35 bits per heavy atom. The van der Waals surface area contributed by atoms with Crippen molar-refractivity contribution in [1.82, 2.24) is 14.8 Å². The number of hydrogen-bond acceptors (Lipinski definition) is 4. The molecule has 0 bridgehead atoms. The van der Waals surface area contributed by atoms with Crippen LogP contribution in [-0.2, 0) is 0 Å². The van der Waals surface area contributed by atoms with Crippen molar-refractivity contribution >= 4 is 16.8 Å². The first-order valence-corrected chi connectivity index (χ1v) is 6.05. The summed E-state index contributed by atoms with van der Waals surface area (Å²) in [5, 5.41) is 13.7. The van der Waals surface area contributed by atoms with E-state index in [0.29, 0.717) is 16.5 Å². The van der Waals surface area contributed by atoms with E-state index in [1.165, 1.54) is 4.68 Å². The van der Waals surface area contributed by atoms with Crippen molar-refractivity contribution in [3.8, 4) is 6.07 Å². The minimum absolute atomic E-state index is 0.203. The molecular weight excluding hydrogens is 252 g/mol. The highest BCUT2D eigenvalue weighted by Gasteiger charge is 2.16. The third-order valence-corrected chi connectivity index (χ3v) is 3.04. The molecule has 5 heteroatoms. The first kappa shape index (κ1) is 12.1. The predicted octanol–water partition coefficient (Wildman–Crippen LogP) is 2.30. The van der Waals surface area contributed by atoms with Crippen molar-refractivity contribution in [2.24, 2.45) is 0 Å². The summed E-state index contributed by atoms with van der Waals surface area (Å²) >= 11 is 0. The van der Waals surface area contributed by atoms with Crippen LogP contribution in [0.1, 0.15) is 21.6 Å². The third-order valence-electron chi connectivity index (χ3n) is 3.04. The van der Waals surface area contributed by atoms with Gasteiger partial charge in [0, 0.05) is 18.0 Å². The van der Waals surface area contributed by atoms with E-state index in [2.05, 4.69) is 10.1 Å². The molecule has 3 rings (SSSR count). The highest BCUT2D eigenvalue weighted by Crippen LogP contribution is 2.18. The van der Waals surface area contributed by atoms with E-state index in [1.807, 2.05) is 25.1 Å². The van der Waals surface area contributed by atoms with Crippen molar-refractivity contribution < 1.29 is 4.79 Å². The maximum absolute atomic E-state index is 12.5. The Morgan fingerprint density at radius 3 is 2.95 bits per heavy atom. The van der Waals surface area contributed by atoms with Crippen LogP contribution in [0.5, 0.6) is 0 Å². The molecule has 0 unspecified atom stereocenters. The zero-order valence-corrected chi connectivity index (χ0v) is 10.7. The first-order valence-electron chi connectivity index (χ1n) is 6.05. The second-order valence-electron chi connectivity index (χ2n) is 4.44. The molecule has 0 saturated carbocycles. The van der Waals surface area contributed by atoms with Gasteiger partial charge in [0.2, 0.25) is 0 Å². The van der Waals surface area contributed by atoms with Gasteiger partial charge in [0.15, 0.2) is 5.69 Å². The summed E-state index contributed by atoms with van der Waals surface area (Å²) in [7, 11) is 0. The van der Waals surface area contributed by atoms with Gasteiger partial charge in [-0.3, -0.25) is 9.78 Å². The van der Waals surface area contributed by atoms with Gasteiger partial charge >= 0.3 is 0 Å². The zero-order valence-electron chi connectivity index (χ0n) is 10.7. The SMILES string of the molecule is Cc1cccc(C(=O)n2nc(C#N)c3cnccc32)c1. The second kappa shape index (κ2) is 4.59. The highest BCUT2D eigenvalue weighted by molar-refractivity contribution is 6.01. The fraction of sp³-hybridized carbons (Fsp3) is 0.0667. The Balaban J connectivity index is 2.20. The second-order valence-corrected chi connectivity index (χ2v) is 4.44. The number of rotatable bonds is 1. The fourth-order valence-electron chi connectivity index (χ4n) is 2.10. The van der Waals surface area contributed by atoms with Crippen LogP contribution < -0.4 is 0 Å². The minimum atomic E-state index is -0.258. The molecule has 0 aliphatic heterocycles. The molecule has 96 valence electrons. The van der Waals surface area contributed by atoms with E-state index in [0.717, 1.165) is 5.56 Å². The molecule has 0 spiro atoms. The number of fused-ring (bicyclic) bond motifs is 1. The van der Waals surface area contributed by atoms with Gasteiger partial charge in [-0.2, -0.15) is 15.0 Å². The normalized spacial score (nSPS) is 10.4. The molecule has 2 aromatic heterocycles. The lowest BCUT2D eigenvalue weighted by Crippen LogP contribution is -2.13. The maximum atomic E-state index is 12.5. The number of nitriles is 1. The van der Waals surface area contributed by atoms with Crippen LogP contribution in [0.3, 0.4) is 0 Å². The molecule has 5 nitrogen and oxygen atoms in total. The standard InChI is InChI=1S/C15H10N4O/c1-10-3-2-4-11(7-10)15(20)19-14-5-6-17-9-12(14)13(8-16)18-19/h2-7,9H,1H3. The largest absolute Gasteiger partial charge is 0.278 e. The Hall–Kier alpha value is -3.00. The molecule has 0 aliphatic rings. The van der Waals surface area contributed by atoms with Gasteiger partial charge in [0.25, 0.3) is 5.91 Å². The van der Waals surface area contributed by atoms with Crippen LogP contribution in [0.25, 0.3) is 10.9 Å². The molecule has 0 amide bonds. The van der Waals surface area contributed by atoms with E-state index >= 15 is 0 Å². The van der Waals surface area contributed by atoms with Crippen molar-refractivity contribution in [2.45, 2.75) is 6.92 Å². The van der Waals surface area contributed by atoms with Crippen LogP contribution in [0.2, 0.25) is 0 Å². The Kier molecular flexibility index (Phi) is 2.77. The third kappa shape index (κ3) is 1.84. The monoisotopic (exact) mass is 262 g/mol. The topological polar surface area (TPSA) is 71.6 Å². The van der Waals surface area contributed by atoms with E-state index in [9.17, 15) is 4.79 Å². The van der Waals surface area contributed by atoms with Gasteiger partial charge in [0.1, 0.15) is 6.07 Å². The van der Waals surface area contributed by atoms with Crippen molar-refractivity contribution in [3.63, 3.8) is 0 Å². The summed E-state index contributed by atoms with van der Waals surface area (Å²) in [4.78, 5) is 16.5. The number of aromatic nitrogens is 3. The minimum Gasteiger partial charge on any atom is -0.267 e. The van der Waals surface area contributed by atoms with Crippen LogP contribution in [0, 0.1) is 18.3 Å². The number of carbonyl (C=O) groups excluding carboxylic acids is 1. The molecule has 2 heterocycles. The van der Waals surface area contributed by atoms with Crippen molar-refractivity contribution in [2.75, 3.05) is 0 Å². The lowest BCUT2D eigenvalue weighted by atomic mass is 10.1. The van der Waals surface area contributed by atoms with E-state index < -0.39 is 0 Å². The van der Waals surface area contributed by atoms with Crippen LogP contribution in [0.4, 0.5) is 0 Å². The first-order chi connectivity index (χ1) is 9.70. The average Bonchev–Trinajstić information content (AvgIpc) is 2.85. The number of pyridine rings is 1. The highest BCUT2D eigenvalue weighted by atomic mass is 16.2. The molecular formula is C15H10N4O. The van der Waals surface area contributed by atoms with Gasteiger partial charge in [-0.15, -0.1) is 0 Å². The van der Waals surface area contributed by atoms with Crippen LogP contribution in [0.15, 0.2) is 42.7 Å². The Morgan fingerprint density at radius 2 is 2.20 bits per heavy atom. The molecule has 0 aliphatic carbocycles. The summed E-state index contributed by atoms with van der Waals surface area (Å²) in [6.45, 7) is 1.92. The lowest BCUT2D eigenvalue weighted by Gasteiger charge is -2.03. The Bertz CT molecular complexity index is 858. The molecule has 0 radical (unpaired) electrons. The zero-order chi connectivity index (χ0) is 14.1. The molecule has 0 N–H and O–H groups in total. The molecule has 0 fully saturated rings. The number of hydrogen-bond donors (Lipinski definition) is 0. The number of nitrogens with zero attached hydrogens (tertiary/aromatic N) is 4. The summed E-state index contributed by atoms with van der Waals surface area (Å²) in [6, 6.07) is 10.9. The van der Waals surface area contributed by atoms with Gasteiger partial charge in [0.05, 0.1) is 10.9 Å². The van der Waals surface area contributed by atoms with Gasteiger partial charge in [-0.05, 0) is 25.1 Å². The van der Waals surface area contributed by atoms with Gasteiger partial charge in [-0.1, -0.05) is 17.7 Å². The average molecular weight is 262 g/mol. The Labute approximate surface area is 115 Å². The molecule has 0 atom stereocenters. The van der Waals surface area contributed by atoms with Gasteiger partial charge < -0.3 is 0 Å². The van der Waals surface area contributed by atoms with Crippen molar-refractivity contribution in [1.29, 1.82) is 5.26 Å². The van der Waals surface area contributed by atoms with E-state index in [4.69, 9.17) is 5.26 Å². The quantitative estimate of drug-likeness (QED) is 0.674. The fourth-order valence-corrected chi connectivity index (χ4v) is 2.10. The predicted molar refractivity (Wildman–Crippen MR) is 73.2 cm³/mol. The number of aryl methyl sites for hydroxylation is 1. The van der Waals surface area contributed by atoms with Crippen LogP contribution in [-0.4, -0.2) is 20.7 Å². The summed E-state index contributed by atoms with van der Waals surface area (Å²) in [6.07, 6.45) is 3.12. The van der Waals surface area contributed by atoms with Crippen LogP contribution >= 0.6 is 0 Å². The summed E-state index contributed by atoms with van der Waals surface area (Å²) in [5.41, 5.74) is 2.32. The maximum Gasteiger partial charge on any atom is 0.278 e. The smallest absolute Gasteiger partial charge is 0.267 e. The lowest BCUT2D eigenvalue weighted by molar-refractivity contribution is 0.0950. The molecule has 1 aromatic carbocycles. The van der Waals surface area contributed by atoms with E-state index in [-0.39, 0.29) is 11.6 Å². The molecule has 3 aromatic rings. The molecule has 20 heavy (non-hydrogen) atoms. The van der Waals surface area contributed by atoms with Crippen molar-refractivity contribution in [3.05, 3.63) is 59.5 Å². The van der Waals surface area contributed by atoms with Gasteiger partial charge in [-0.25, -0.2) is 0 Å². The summed E-state index contributed by atoms with van der Waals surface area (Å²) in [5.74, 6) is -0.258. The molecule has 0 saturated heterocycles. The summed E-state index contributed by atoms with van der Waals surface area (Å²) < 4.78 is 1.25. The number of benzene rings is 1.